The molecule has 4 rings (SSSR count). The molecule has 0 aliphatic carbocycles. The molecule has 3 aliphatic heterocycles. The Bertz CT molecular complexity index is 899. The molecule has 2 fully saturated rings. The van der Waals surface area contributed by atoms with Crippen LogP contribution in [0.2, 0.25) is 0 Å². The molecule has 1 aromatic rings. The van der Waals surface area contributed by atoms with Crippen LogP contribution >= 0.6 is 0 Å². The van der Waals surface area contributed by atoms with E-state index in [4.69, 9.17) is 9.47 Å². The number of hydrogen-bond donors (Lipinski definition) is 3. The number of carbonyl (C=O) groups is 3. The minimum absolute atomic E-state index is 0.0361. The minimum Gasteiger partial charge on any atom is -0.493 e. The third kappa shape index (κ3) is 5.40. The highest BCUT2D eigenvalue weighted by molar-refractivity contribution is 5.92. The highest BCUT2D eigenvalue weighted by Crippen LogP contribution is 2.33. The first-order chi connectivity index (χ1) is 15.7. The number of para-hydroxylation sites is 1. The molecule has 3 aliphatic rings. The Morgan fingerprint density at radius 2 is 1.88 bits per heavy atom. The molecule has 2 saturated heterocycles. The minimum atomic E-state index is -0.792. The Morgan fingerprint density at radius 1 is 1.09 bits per heavy atom. The Hall–Kier alpha value is -2.81. The van der Waals surface area contributed by atoms with E-state index in [1.54, 1.807) is 25.7 Å². The summed E-state index contributed by atoms with van der Waals surface area (Å²) in [5, 5.41) is 9.09. The Labute approximate surface area is 194 Å². The number of nitrogens with one attached hydrogen (secondary N) is 3. The summed E-state index contributed by atoms with van der Waals surface area (Å²) in [5.74, 6) is 0.383. The largest absolute Gasteiger partial charge is 0.493 e. The van der Waals surface area contributed by atoms with Crippen LogP contribution in [0.1, 0.15) is 58.1 Å². The van der Waals surface area contributed by atoms with Gasteiger partial charge in [0.1, 0.15) is 23.4 Å². The summed E-state index contributed by atoms with van der Waals surface area (Å²) in [5.41, 5.74) is 0.292. The molecule has 33 heavy (non-hydrogen) atoms. The molecule has 4 atom stereocenters. The summed E-state index contributed by atoms with van der Waals surface area (Å²) < 4.78 is 11.0. The molecular formula is C24H34N4O5. The first-order valence-electron chi connectivity index (χ1n) is 11.8. The number of alkyl carbamates (subject to hydrolysis) is 1. The topological polar surface area (TPSA) is 109 Å². The van der Waals surface area contributed by atoms with Gasteiger partial charge in [0.05, 0.1) is 12.6 Å². The van der Waals surface area contributed by atoms with Gasteiger partial charge in [0.25, 0.3) is 0 Å². The van der Waals surface area contributed by atoms with Crippen molar-refractivity contribution in [2.24, 2.45) is 0 Å². The maximum absolute atomic E-state index is 13.5. The number of rotatable bonds is 3. The third-order valence-electron chi connectivity index (χ3n) is 6.33. The molecule has 0 aromatic heterocycles. The molecule has 3 N–H and O–H groups in total. The molecule has 180 valence electrons. The first kappa shape index (κ1) is 23.4. The SMILES string of the molecule is CC(C)(C)OC(=O)N[C@H]1CNCC[C@H]2CC[C@@H](C(=O)NC3CCOc4ccccc43)N2C1=O. The quantitative estimate of drug-likeness (QED) is 0.638. The molecule has 9 heteroatoms. The van der Waals surface area contributed by atoms with E-state index in [0.29, 0.717) is 32.5 Å². The monoisotopic (exact) mass is 458 g/mol. The summed E-state index contributed by atoms with van der Waals surface area (Å²) in [6, 6.07) is 6.18. The van der Waals surface area contributed by atoms with Crippen LogP contribution in [0.25, 0.3) is 0 Å². The maximum atomic E-state index is 13.5. The van der Waals surface area contributed by atoms with Gasteiger partial charge in [-0.1, -0.05) is 18.2 Å². The second-order valence-electron chi connectivity index (χ2n) is 9.92. The fraction of sp³-hybridized carbons (Fsp3) is 0.625. The summed E-state index contributed by atoms with van der Waals surface area (Å²) in [6.07, 6.45) is 2.18. The second-order valence-corrected chi connectivity index (χ2v) is 9.92. The van der Waals surface area contributed by atoms with E-state index < -0.39 is 23.8 Å². The van der Waals surface area contributed by atoms with Crippen molar-refractivity contribution in [3.63, 3.8) is 0 Å². The predicted octanol–water partition coefficient (Wildman–Crippen LogP) is 1.87. The average molecular weight is 459 g/mol. The van der Waals surface area contributed by atoms with E-state index in [1.807, 2.05) is 24.3 Å². The van der Waals surface area contributed by atoms with E-state index in [-0.39, 0.29) is 23.9 Å². The van der Waals surface area contributed by atoms with Crippen molar-refractivity contribution in [3.8, 4) is 5.75 Å². The van der Waals surface area contributed by atoms with Gasteiger partial charge in [0.2, 0.25) is 11.8 Å². The van der Waals surface area contributed by atoms with E-state index >= 15 is 0 Å². The van der Waals surface area contributed by atoms with Gasteiger partial charge in [-0.25, -0.2) is 4.79 Å². The van der Waals surface area contributed by atoms with Crippen molar-refractivity contribution in [1.29, 1.82) is 0 Å². The molecular weight excluding hydrogens is 424 g/mol. The zero-order chi connectivity index (χ0) is 23.6. The lowest BCUT2D eigenvalue weighted by atomic mass is 10.00. The summed E-state index contributed by atoms with van der Waals surface area (Å²) in [7, 11) is 0. The highest BCUT2D eigenvalue weighted by atomic mass is 16.6. The second kappa shape index (κ2) is 9.59. The highest BCUT2D eigenvalue weighted by Gasteiger charge is 2.44. The van der Waals surface area contributed by atoms with Crippen molar-refractivity contribution < 1.29 is 23.9 Å². The number of ether oxygens (including phenoxy) is 2. The van der Waals surface area contributed by atoms with Gasteiger partial charge < -0.3 is 30.3 Å². The Kier molecular flexibility index (Phi) is 6.78. The molecule has 9 nitrogen and oxygen atoms in total. The van der Waals surface area contributed by atoms with Gasteiger partial charge >= 0.3 is 6.09 Å². The van der Waals surface area contributed by atoms with Gasteiger partial charge in [0, 0.05) is 24.6 Å². The Morgan fingerprint density at radius 3 is 2.67 bits per heavy atom. The summed E-state index contributed by atoms with van der Waals surface area (Å²) >= 11 is 0. The van der Waals surface area contributed by atoms with Crippen molar-refractivity contribution in [3.05, 3.63) is 29.8 Å². The maximum Gasteiger partial charge on any atom is 0.408 e. The number of amides is 3. The molecule has 1 unspecified atom stereocenters. The van der Waals surface area contributed by atoms with Crippen LogP contribution in [0.3, 0.4) is 0 Å². The van der Waals surface area contributed by atoms with E-state index in [9.17, 15) is 14.4 Å². The first-order valence-corrected chi connectivity index (χ1v) is 11.8. The summed E-state index contributed by atoms with van der Waals surface area (Å²) in [4.78, 5) is 40.9. The van der Waals surface area contributed by atoms with Crippen molar-refractivity contribution in [1.82, 2.24) is 20.9 Å². The predicted molar refractivity (Wildman–Crippen MR) is 122 cm³/mol. The van der Waals surface area contributed by atoms with Crippen molar-refractivity contribution in [2.45, 2.75) is 76.2 Å². The van der Waals surface area contributed by atoms with Crippen LogP contribution in [-0.4, -0.2) is 66.2 Å². The van der Waals surface area contributed by atoms with Crippen LogP contribution in [0.5, 0.6) is 5.75 Å². The number of nitrogens with zero attached hydrogens (tertiary/aromatic N) is 1. The van der Waals surface area contributed by atoms with Gasteiger partial charge in [-0.3, -0.25) is 9.59 Å². The lowest BCUT2D eigenvalue weighted by Gasteiger charge is -2.36. The van der Waals surface area contributed by atoms with E-state index in [0.717, 1.165) is 24.2 Å². The molecule has 1 aromatic carbocycles. The lowest BCUT2D eigenvalue weighted by Crippen LogP contribution is -2.60. The van der Waals surface area contributed by atoms with Crippen LogP contribution in [0.4, 0.5) is 4.79 Å². The van der Waals surface area contributed by atoms with Crippen LogP contribution in [0.15, 0.2) is 24.3 Å². The van der Waals surface area contributed by atoms with Crippen LogP contribution in [-0.2, 0) is 14.3 Å². The van der Waals surface area contributed by atoms with Crippen molar-refractivity contribution in [2.75, 3.05) is 19.7 Å². The van der Waals surface area contributed by atoms with Gasteiger partial charge in [-0.05, 0) is 52.6 Å². The average Bonchev–Trinajstić information content (AvgIpc) is 3.17. The molecule has 3 amide bonds. The van der Waals surface area contributed by atoms with Gasteiger partial charge in [-0.15, -0.1) is 0 Å². The normalized spacial score (nSPS) is 27.4. The lowest BCUT2D eigenvalue weighted by molar-refractivity contribution is -0.142. The van der Waals surface area contributed by atoms with Gasteiger partial charge in [0.15, 0.2) is 0 Å². The molecule has 3 heterocycles. The fourth-order valence-electron chi connectivity index (χ4n) is 4.86. The summed E-state index contributed by atoms with van der Waals surface area (Å²) in [6.45, 7) is 6.86. The van der Waals surface area contributed by atoms with Crippen LogP contribution < -0.4 is 20.7 Å². The molecule has 0 spiro atoms. The number of benzene rings is 1. The molecule has 0 bridgehead atoms. The third-order valence-corrected chi connectivity index (χ3v) is 6.33. The number of hydrogen-bond acceptors (Lipinski definition) is 6. The molecule has 0 saturated carbocycles. The smallest absolute Gasteiger partial charge is 0.408 e. The number of carbonyl (C=O) groups excluding carboxylic acids is 3. The standard InChI is InChI=1S/C24H34N4O5/c1-24(2,3)33-23(31)27-18-14-25-12-10-15-8-9-19(28(15)22(18)30)21(29)26-17-11-13-32-20-7-5-4-6-16(17)20/h4-7,15,17-19,25H,8-14H2,1-3H3,(H,26,29)(H,27,31)/t15-,17?,18+,19+/m1/s1. The fourth-order valence-corrected chi connectivity index (χ4v) is 4.86. The van der Waals surface area contributed by atoms with E-state index in [2.05, 4.69) is 16.0 Å². The Balaban J connectivity index is 1.48. The zero-order valence-corrected chi connectivity index (χ0v) is 19.6. The zero-order valence-electron chi connectivity index (χ0n) is 19.6. The van der Waals surface area contributed by atoms with Gasteiger partial charge in [-0.2, -0.15) is 0 Å². The number of fused-ring (bicyclic) bond motifs is 2. The van der Waals surface area contributed by atoms with Crippen molar-refractivity contribution >= 4 is 17.9 Å². The molecule has 0 radical (unpaired) electrons. The van der Waals surface area contributed by atoms with Crippen LogP contribution in [0, 0.1) is 0 Å². The van der Waals surface area contributed by atoms with E-state index in [1.165, 1.54) is 0 Å².